The van der Waals surface area contributed by atoms with Gasteiger partial charge in [-0.1, -0.05) is 57.5 Å². The molecule has 15 heteroatoms. The number of benzene rings is 1. The monoisotopic (exact) mass is 712 g/mol. The Kier molecular flexibility index (Phi) is 16.2. The molecule has 51 heavy (non-hydrogen) atoms. The highest BCUT2D eigenvalue weighted by atomic mass is 16.5. The quantitative estimate of drug-likeness (QED) is 0.0607. The smallest absolute Gasteiger partial charge is 0.243 e. The number of Topliss-reactive ketones (excluding diaryl/α,β-unsaturated/α-hetero) is 1. The number of rotatable bonds is 23. The number of nitrogens with zero attached hydrogens (tertiary/aromatic N) is 1. The standard InChI is InChI=1S/C36H52N6O9/c1-4-28(43)36(14-15-36)22-51-23-40-31(46)20-39-34(49)27(17-25-11-7-5-8-12-25)41-32(47)21-38-30(45)19-37-29(44)13-9-6-10-16-42-33(48)18-26(24(2)3)35(42)50/h5,7-8,11-12,24,26-27H,4,6,9-10,13-23H2,1-3H3,(H,37,44)(H,38,45)(H,39,49)(H,40,46)(H,41,47). The molecule has 1 heterocycles. The zero-order valence-corrected chi connectivity index (χ0v) is 29.8. The number of unbranched alkanes of at least 4 members (excludes halogenated alkanes) is 2. The predicted octanol–water partition coefficient (Wildman–Crippen LogP) is 0.504. The molecule has 2 atom stereocenters. The first kappa shape index (κ1) is 40.8. The van der Waals surface area contributed by atoms with Crippen LogP contribution in [-0.2, 0) is 49.5 Å². The lowest BCUT2D eigenvalue weighted by Gasteiger charge is -2.19. The molecule has 0 aromatic heterocycles. The molecule has 2 fully saturated rings. The van der Waals surface area contributed by atoms with Crippen LogP contribution in [0, 0.1) is 17.3 Å². The number of ether oxygens (including phenoxy) is 1. The van der Waals surface area contributed by atoms with E-state index in [1.807, 2.05) is 19.9 Å². The molecular weight excluding hydrogens is 660 g/mol. The number of carbonyl (C=O) groups excluding carboxylic acids is 8. The normalized spacial score (nSPS) is 16.7. The van der Waals surface area contributed by atoms with Gasteiger partial charge in [-0.05, 0) is 37.2 Å². The summed E-state index contributed by atoms with van der Waals surface area (Å²) in [5.74, 6) is -3.01. The first-order valence-corrected chi connectivity index (χ1v) is 17.7. The highest BCUT2D eigenvalue weighted by molar-refractivity contribution is 6.03. The van der Waals surface area contributed by atoms with Gasteiger partial charge in [-0.15, -0.1) is 0 Å². The third-order valence-electron chi connectivity index (χ3n) is 9.13. The maximum Gasteiger partial charge on any atom is 0.243 e. The zero-order valence-electron chi connectivity index (χ0n) is 29.8. The number of carbonyl (C=O) groups is 8. The molecule has 1 aliphatic heterocycles. The van der Waals surface area contributed by atoms with Crippen molar-refractivity contribution >= 4 is 47.1 Å². The topological polar surface area (TPSA) is 209 Å². The van der Waals surface area contributed by atoms with Crippen LogP contribution >= 0.6 is 0 Å². The molecule has 1 saturated carbocycles. The average molecular weight is 713 g/mol. The summed E-state index contributed by atoms with van der Waals surface area (Å²) < 4.78 is 5.47. The van der Waals surface area contributed by atoms with Crippen molar-refractivity contribution in [2.45, 2.75) is 84.6 Å². The second kappa shape index (κ2) is 20.3. The molecule has 5 N–H and O–H groups in total. The predicted molar refractivity (Wildman–Crippen MR) is 185 cm³/mol. The van der Waals surface area contributed by atoms with Gasteiger partial charge in [0.15, 0.2) is 0 Å². The van der Waals surface area contributed by atoms with Crippen molar-refractivity contribution in [3.05, 3.63) is 35.9 Å². The molecule has 1 aromatic rings. The summed E-state index contributed by atoms with van der Waals surface area (Å²) in [5.41, 5.74) is 0.320. The van der Waals surface area contributed by atoms with Crippen LogP contribution in [0.4, 0.5) is 0 Å². The molecule has 1 aromatic carbocycles. The second-order valence-corrected chi connectivity index (χ2v) is 13.5. The number of amides is 7. The number of nitrogens with one attached hydrogen (secondary N) is 5. The van der Waals surface area contributed by atoms with Gasteiger partial charge in [0.1, 0.15) is 18.6 Å². The Morgan fingerprint density at radius 1 is 0.843 bits per heavy atom. The van der Waals surface area contributed by atoms with Gasteiger partial charge >= 0.3 is 0 Å². The number of ketones is 1. The average Bonchev–Trinajstić information content (AvgIpc) is 3.85. The Labute approximate surface area is 298 Å². The second-order valence-electron chi connectivity index (χ2n) is 13.5. The number of hydrogen-bond donors (Lipinski definition) is 5. The lowest BCUT2D eigenvalue weighted by molar-refractivity contribution is -0.140. The van der Waals surface area contributed by atoms with Crippen molar-refractivity contribution in [2.75, 3.05) is 39.5 Å². The minimum Gasteiger partial charge on any atom is -0.360 e. The molecule has 0 bridgehead atoms. The third-order valence-corrected chi connectivity index (χ3v) is 9.13. The fourth-order valence-corrected chi connectivity index (χ4v) is 5.77. The van der Waals surface area contributed by atoms with E-state index in [9.17, 15) is 38.4 Å². The lowest BCUT2D eigenvalue weighted by atomic mass is 9.94. The van der Waals surface area contributed by atoms with Gasteiger partial charge in [0.2, 0.25) is 41.4 Å². The number of likely N-dealkylation sites (tertiary alicyclic amines) is 1. The van der Waals surface area contributed by atoms with Gasteiger partial charge in [-0.2, -0.15) is 0 Å². The Balaban J connectivity index is 1.32. The maximum atomic E-state index is 13.0. The van der Waals surface area contributed by atoms with E-state index in [0.29, 0.717) is 32.2 Å². The van der Waals surface area contributed by atoms with E-state index in [2.05, 4.69) is 26.6 Å². The van der Waals surface area contributed by atoms with Crippen molar-refractivity contribution in [1.82, 2.24) is 31.5 Å². The lowest BCUT2D eigenvalue weighted by Crippen LogP contribution is -2.52. The fraction of sp³-hybridized carbons (Fsp3) is 0.611. The molecular formula is C36H52N6O9. The van der Waals surface area contributed by atoms with Crippen molar-refractivity contribution in [3.8, 4) is 0 Å². The molecule has 7 amide bonds. The van der Waals surface area contributed by atoms with E-state index >= 15 is 0 Å². The first-order valence-electron chi connectivity index (χ1n) is 17.7. The largest absolute Gasteiger partial charge is 0.360 e. The molecule has 1 aliphatic carbocycles. The van der Waals surface area contributed by atoms with Crippen molar-refractivity contribution in [2.24, 2.45) is 17.3 Å². The minimum absolute atomic E-state index is 0.106. The van der Waals surface area contributed by atoms with Gasteiger partial charge < -0.3 is 31.3 Å². The Morgan fingerprint density at radius 3 is 2.14 bits per heavy atom. The zero-order chi connectivity index (χ0) is 37.4. The van der Waals surface area contributed by atoms with E-state index < -0.39 is 41.6 Å². The van der Waals surface area contributed by atoms with Gasteiger partial charge in [-0.3, -0.25) is 43.3 Å². The fourth-order valence-electron chi connectivity index (χ4n) is 5.77. The first-order chi connectivity index (χ1) is 24.3. The van der Waals surface area contributed by atoms with Crippen molar-refractivity contribution in [3.63, 3.8) is 0 Å². The summed E-state index contributed by atoms with van der Waals surface area (Å²) in [6.45, 7) is 4.94. The van der Waals surface area contributed by atoms with Gasteiger partial charge in [-0.25, -0.2) is 0 Å². The van der Waals surface area contributed by atoms with Crippen LogP contribution in [0.3, 0.4) is 0 Å². The molecule has 280 valence electrons. The van der Waals surface area contributed by atoms with E-state index in [4.69, 9.17) is 4.74 Å². The molecule has 3 rings (SSSR count). The highest BCUT2D eigenvalue weighted by Gasteiger charge is 2.48. The van der Waals surface area contributed by atoms with Gasteiger partial charge in [0.25, 0.3) is 0 Å². The van der Waals surface area contributed by atoms with Gasteiger partial charge in [0.05, 0.1) is 31.7 Å². The summed E-state index contributed by atoms with van der Waals surface area (Å²) in [7, 11) is 0. The number of imide groups is 1. The molecule has 1 saturated heterocycles. The number of hydrogen-bond acceptors (Lipinski definition) is 9. The Hall–Kier alpha value is -4.66. The summed E-state index contributed by atoms with van der Waals surface area (Å²) in [6, 6.07) is 7.91. The molecule has 2 unspecified atom stereocenters. The van der Waals surface area contributed by atoms with Crippen LogP contribution in [0.5, 0.6) is 0 Å². The van der Waals surface area contributed by atoms with Crippen molar-refractivity contribution < 1.29 is 43.1 Å². The molecule has 0 radical (unpaired) electrons. The minimum atomic E-state index is -1.05. The Morgan fingerprint density at radius 2 is 1.49 bits per heavy atom. The summed E-state index contributed by atoms with van der Waals surface area (Å²) in [4.78, 5) is 100. The Bertz CT molecular complexity index is 1410. The van der Waals surface area contributed by atoms with Crippen LogP contribution < -0.4 is 26.6 Å². The van der Waals surface area contributed by atoms with Crippen LogP contribution in [0.2, 0.25) is 0 Å². The third kappa shape index (κ3) is 13.5. The van der Waals surface area contributed by atoms with Gasteiger partial charge in [0, 0.05) is 38.1 Å². The van der Waals surface area contributed by atoms with E-state index in [-0.39, 0.29) is 81.0 Å². The molecule has 2 aliphatic rings. The molecule has 0 spiro atoms. The summed E-state index contributed by atoms with van der Waals surface area (Å²) >= 11 is 0. The molecule has 15 nitrogen and oxygen atoms in total. The van der Waals surface area contributed by atoms with Crippen LogP contribution in [0.1, 0.15) is 77.7 Å². The van der Waals surface area contributed by atoms with Crippen LogP contribution in [0.25, 0.3) is 0 Å². The van der Waals surface area contributed by atoms with Crippen molar-refractivity contribution in [1.29, 1.82) is 0 Å². The maximum absolute atomic E-state index is 13.0. The summed E-state index contributed by atoms with van der Waals surface area (Å²) in [6.07, 6.45) is 4.24. The van der Waals surface area contributed by atoms with Crippen LogP contribution in [-0.4, -0.2) is 97.6 Å². The van der Waals surface area contributed by atoms with Crippen LogP contribution in [0.15, 0.2) is 30.3 Å². The highest BCUT2D eigenvalue weighted by Crippen LogP contribution is 2.47. The van der Waals surface area contributed by atoms with E-state index in [1.165, 1.54) is 4.90 Å². The van der Waals surface area contributed by atoms with E-state index in [1.54, 1.807) is 31.2 Å². The van der Waals surface area contributed by atoms with E-state index in [0.717, 1.165) is 18.4 Å². The summed E-state index contributed by atoms with van der Waals surface area (Å²) in [5, 5.41) is 12.5. The SMILES string of the molecule is CCC(=O)C1(COCNC(=O)CNC(=O)C(Cc2ccccc2)NC(=O)CNC(=O)CNC(=O)CCCCCN2C(=O)CC(C(C)C)C2=O)CC1.